The molecule has 92 valence electrons. The summed E-state index contributed by atoms with van der Waals surface area (Å²) >= 11 is 0. The Kier molecular flexibility index (Phi) is 3.47. The van der Waals surface area contributed by atoms with Crippen molar-refractivity contribution in [2.24, 2.45) is 0 Å². The maximum absolute atomic E-state index is 11.6. The standard InChI is InChI=1S/C12H12N4O2/c1-2-18-11(17)10-5-3-4-8(15-10)9-6-7-14-12(13)16-9/h3-7H,2H2,1H3,(H2,13,14,16). The summed E-state index contributed by atoms with van der Waals surface area (Å²) in [4.78, 5) is 23.6. The lowest BCUT2D eigenvalue weighted by Crippen LogP contribution is -2.07. The number of ether oxygens (including phenoxy) is 1. The Balaban J connectivity index is 2.35. The smallest absolute Gasteiger partial charge is 0.356 e. The highest BCUT2D eigenvalue weighted by atomic mass is 16.5. The zero-order chi connectivity index (χ0) is 13.0. The van der Waals surface area contributed by atoms with E-state index in [9.17, 15) is 4.79 Å². The van der Waals surface area contributed by atoms with Gasteiger partial charge in [0.15, 0.2) is 0 Å². The summed E-state index contributed by atoms with van der Waals surface area (Å²) in [6.45, 7) is 2.05. The van der Waals surface area contributed by atoms with E-state index >= 15 is 0 Å². The minimum Gasteiger partial charge on any atom is -0.461 e. The van der Waals surface area contributed by atoms with Gasteiger partial charge in [-0.15, -0.1) is 0 Å². The molecule has 2 aromatic rings. The van der Waals surface area contributed by atoms with Gasteiger partial charge >= 0.3 is 5.97 Å². The van der Waals surface area contributed by atoms with Gasteiger partial charge in [-0.25, -0.2) is 19.7 Å². The molecule has 0 aliphatic carbocycles. The molecular weight excluding hydrogens is 232 g/mol. The van der Waals surface area contributed by atoms with Crippen LogP contribution in [0.1, 0.15) is 17.4 Å². The summed E-state index contributed by atoms with van der Waals surface area (Å²) in [5, 5.41) is 0. The van der Waals surface area contributed by atoms with Crippen molar-refractivity contribution >= 4 is 11.9 Å². The molecule has 0 aliphatic heterocycles. The number of aromatic nitrogens is 3. The summed E-state index contributed by atoms with van der Waals surface area (Å²) < 4.78 is 4.88. The molecule has 0 spiro atoms. The van der Waals surface area contributed by atoms with Crippen molar-refractivity contribution in [1.82, 2.24) is 15.0 Å². The highest BCUT2D eigenvalue weighted by Gasteiger charge is 2.10. The van der Waals surface area contributed by atoms with E-state index in [4.69, 9.17) is 10.5 Å². The number of rotatable bonds is 3. The fraction of sp³-hybridized carbons (Fsp3) is 0.167. The third-order valence-electron chi connectivity index (χ3n) is 2.17. The van der Waals surface area contributed by atoms with Gasteiger partial charge < -0.3 is 10.5 Å². The molecule has 0 amide bonds. The normalized spacial score (nSPS) is 10.1. The number of carbonyl (C=O) groups excluding carboxylic acids is 1. The van der Waals surface area contributed by atoms with E-state index < -0.39 is 5.97 Å². The lowest BCUT2D eigenvalue weighted by Gasteiger charge is -2.04. The first-order valence-electron chi connectivity index (χ1n) is 5.43. The van der Waals surface area contributed by atoms with Crippen molar-refractivity contribution < 1.29 is 9.53 Å². The lowest BCUT2D eigenvalue weighted by molar-refractivity contribution is 0.0519. The van der Waals surface area contributed by atoms with E-state index in [0.29, 0.717) is 18.0 Å². The number of hydrogen-bond acceptors (Lipinski definition) is 6. The first kappa shape index (κ1) is 12.0. The highest BCUT2D eigenvalue weighted by Crippen LogP contribution is 2.15. The second-order valence-corrected chi connectivity index (χ2v) is 3.43. The molecule has 0 saturated heterocycles. The molecule has 18 heavy (non-hydrogen) atoms. The Morgan fingerprint density at radius 1 is 1.28 bits per heavy atom. The molecule has 0 saturated carbocycles. The number of nitrogens with two attached hydrogens (primary N) is 1. The van der Waals surface area contributed by atoms with Gasteiger partial charge in [0.25, 0.3) is 0 Å². The third-order valence-corrected chi connectivity index (χ3v) is 2.17. The molecule has 2 aromatic heterocycles. The molecule has 0 bridgehead atoms. The van der Waals surface area contributed by atoms with Gasteiger partial charge in [-0.3, -0.25) is 0 Å². The van der Waals surface area contributed by atoms with E-state index in [0.717, 1.165) is 0 Å². The quantitative estimate of drug-likeness (QED) is 0.818. The molecule has 0 radical (unpaired) electrons. The molecule has 2 rings (SSSR count). The highest BCUT2D eigenvalue weighted by molar-refractivity contribution is 5.87. The van der Waals surface area contributed by atoms with Crippen LogP contribution in [-0.4, -0.2) is 27.5 Å². The van der Waals surface area contributed by atoms with Gasteiger partial charge in [0.2, 0.25) is 5.95 Å². The van der Waals surface area contributed by atoms with Crippen LogP contribution in [0.15, 0.2) is 30.5 Å². The van der Waals surface area contributed by atoms with Crippen molar-refractivity contribution in [2.45, 2.75) is 6.92 Å². The van der Waals surface area contributed by atoms with E-state index in [1.807, 2.05) is 0 Å². The fourth-order valence-corrected chi connectivity index (χ4v) is 1.41. The topological polar surface area (TPSA) is 91.0 Å². The van der Waals surface area contributed by atoms with Gasteiger partial charge in [0.1, 0.15) is 5.69 Å². The largest absolute Gasteiger partial charge is 0.461 e. The summed E-state index contributed by atoms with van der Waals surface area (Å²) in [5.74, 6) is -0.294. The maximum Gasteiger partial charge on any atom is 0.356 e. The number of carbonyl (C=O) groups is 1. The maximum atomic E-state index is 11.6. The SMILES string of the molecule is CCOC(=O)c1cccc(-c2ccnc(N)n2)n1. The molecule has 2 heterocycles. The predicted octanol–water partition coefficient (Wildman–Crippen LogP) is 1.30. The average molecular weight is 244 g/mol. The first-order valence-corrected chi connectivity index (χ1v) is 5.43. The molecule has 0 aliphatic rings. The predicted molar refractivity (Wildman–Crippen MR) is 65.6 cm³/mol. The Morgan fingerprint density at radius 3 is 2.78 bits per heavy atom. The van der Waals surface area contributed by atoms with Crippen LogP contribution in [0.25, 0.3) is 11.4 Å². The molecular formula is C12H12N4O2. The van der Waals surface area contributed by atoms with E-state index in [2.05, 4.69) is 15.0 Å². The second kappa shape index (κ2) is 5.22. The number of nitrogens with zero attached hydrogens (tertiary/aromatic N) is 3. The summed E-state index contributed by atoms with van der Waals surface area (Å²) in [6.07, 6.45) is 1.54. The van der Waals surface area contributed by atoms with Gasteiger partial charge in [-0.05, 0) is 25.1 Å². The number of hydrogen-bond donors (Lipinski definition) is 1. The van der Waals surface area contributed by atoms with Gasteiger partial charge in [-0.2, -0.15) is 0 Å². The number of pyridine rings is 1. The summed E-state index contributed by atoms with van der Waals surface area (Å²) in [7, 11) is 0. The third kappa shape index (κ3) is 2.60. The Labute approximate surface area is 104 Å². The van der Waals surface area contributed by atoms with Gasteiger partial charge in [-0.1, -0.05) is 6.07 Å². The van der Waals surface area contributed by atoms with E-state index in [-0.39, 0.29) is 11.6 Å². The van der Waals surface area contributed by atoms with Crippen molar-refractivity contribution in [1.29, 1.82) is 0 Å². The number of anilines is 1. The van der Waals surface area contributed by atoms with Gasteiger partial charge in [0.05, 0.1) is 18.0 Å². The molecule has 0 fully saturated rings. The zero-order valence-corrected chi connectivity index (χ0v) is 9.83. The van der Waals surface area contributed by atoms with Crippen molar-refractivity contribution in [2.75, 3.05) is 12.3 Å². The van der Waals surface area contributed by atoms with Crippen LogP contribution in [0, 0.1) is 0 Å². The molecule has 6 nitrogen and oxygen atoms in total. The molecule has 0 atom stereocenters. The Hall–Kier alpha value is -2.50. The van der Waals surface area contributed by atoms with Crippen LogP contribution in [0.4, 0.5) is 5.95 Å². The minimum atomic E-state index is -0.457. The molecule has 6 heteroatoms. The molecule has 0 aromatic carbocycles. The molecule has 0 unspecified atom stereocenters. The fourth-order valence-electron chi connectivity index (χ4n) is 1.41. The van der Waals surface area contributed by atoms with Crippen molar-refractivity contribution in [3.05, 3.63) is 36.2 Å². The second-order valence-electron chi connectivity index (χ2n) is 3.43. The number of esters is 1. The lowest BCUT2D eigenvalue weighted by atomic mass is 10.2. The van der Waals surface area contributed by atoms with Crippen LogP contribution in [0.3, 0.4) is 0 Å². The van der Waals surface area contributed by atoms with Gasteiger partial charge in [0, 0.05) is 6.20 Å². The van der Waals surface area contributed by atoms with Crippen molar-refractivity contribution in [3.8, 4) is 11.4 Å². The number of nitrogen functional groups attached to an aromatic ring is 1. The van der Waals surface area contributed by atoms with Crippen LogP contribution >= 0.6 is 0 Å². The summed E-state index contributed by atoms with van der Waals surface area (Å²) in [6, 6.07) is 6.72. The van der Waals surface area contributed by atoms with E-state index in [1.54, 1.807) is 31.2 Å². The van der Waals surface area contributed by atoms with Crippen LogP contribution in [-0.2, 0) is 4.74 Å². The van der Waals surface area contributed by atoms with Crippen LogP contribution in [0.2, 0.25) is 0 Å². The Morgan fingerprint density at radius 2 is 2.06 bits per heavy atom. The Bertz CT molecular complexity index is 572. The van der Waals surface area contributed by atoms with Crippen molar-refractivity contribution in [3.63, 3.8) is 0 Å². The zero-order valence-electron chi connectivity index (χ0n) is 9.83. The average Bonchev–Trinajstić information content (AvgIpc) is 2.39. The summed E-state index contributed by atoms with van der Waals surface area (Å²) in [5.41, 5.74) is 6.86. The minimum absolute atomic E-state index is 0.163. The molecule has 2 N–H and O–H groups in total. The van der Waals surface area contributed by atoms with Crippen LogP contribution < -0.4 is 5.73 Å². The first-order chi connectivity index (χ1) is 8.70. The van der Waals surface area contributed by atoms with E-state index in [1.165, 1.54) is 6.20 Å². The monoisotopic (exact) mass is 244 g/mol. The van der Waals surface area contributed by atoms with Crippen LogP contribution in [0.5, 0.6) is 0 Å².